The molecule has 27 heavy (non-hydrogen) atoms. The molecule has 1 saturated carbocycles. The van der Waals surface area contributed by atoms with Crippen molar-refractivity contribution in [1.82, 2.24) is 15.5 Å². The zero-order valence-corrected chi connectivity index (χ0v) is 15.6. The van der Waals surface area contributed by atoms with Gasteiger partial charge in [0.05, 0.1) is 0 Å². The average molecular weight is 373 g/mol. The Balaban J connectivity index is 1.63. The number of urea groups is 1. The molecule has 1 aromatic rings. The zero-order valence-electron chi connectivity index (χ0n) is 15.6. The summed E-state index contributed by atoms with van der Waals surface area (Å²) in [6.45, 7) is 4.42. The summed E-state index contributed by atoms with van der Waals surface area (Å²) in [5.74, 6) is -1.74. The van der Waals surface area contributed by atoms with Gasteiger partial charge in [0, 0.05) is 6.04 Å². The van der Waals surface area contributed by atoms with E-state index in [1.54, 1.807) is 19.1 Å². The van der Waals surface area contributed by atoms with Crippen molar-refractivity contribution < 1.29 is 23.9 Å². The minimum atomic E-state index is -1.25. The van der Waals surface area contributed by atoms with Crippen LogP contribution in [-0.4, -0.2) is 47.4 Å². The second kappa shape index (κ2) is 7.02. The maximum absolute atomic E-state index is 12.8. The van der Waals surface area contributed by atoms with Gasteiger partial charge >= 0.3 is 12.0 Å². The highest BCUT2D eigenvalue weighted by atomic mass is 16.5. The van der Waals surface area contributed by atoms with Crippen molar-refractivity contribution in [3.05, 3.63) is 35.4 Å². The first-order valence-electron chi connectivity index (χ1n) is 8.92. The van der Waals surface area contributed by atoms with Gasteiger partial charge in [0.25, 0.3) is 11.8 Å². The Labute approximate surface area is 157 Å². The standard InChI is InChI=1S/C19H23N3O5/c1-11-4-6-13(7-5-11)19(3)17(25)22(18(26)21-19)10-15(23)27-12(2)16(24)20-14-8-9-14/h4-7,12,14H,8-10H2,1-3H3,(H,20,24)(H,21,26)/t12-,19-/m1/s1. The molecule has 1 saturated heterocycles. The summed E-state index contributed by atoms with van der Waals surface area (Å²) in [4.78, 5) is 49.8. The number of hydrogen-bond acceptors (Lipinski definition) is 5. The fraction of sp³-hybridized carbons (Fsp3) is 0.474. The first-order chi connectivity index (χ1) is 12.7. The zero-order chi connectivity index (χ0) is 19.8. The van der Waals surface area contributed by atoms with E-state index in [9.17, 15) is 19.2 Å². The molecule has 8 heteroatoms. The second-order valence-corrected chi connectivity index (χ2v) is 7.23. The molecular weight excluding hydrogens is 350 g/mol. The number of hydrogen-bond donors (Lipinski definition) is 2. The van der Waals surface area contributed by atoms with E-state index < -0.39 is 36.1 Å². The summed E-state index contributed by atoms with van der Waals surface area (Å²) >= 11 is 0. The third-order valence-corrected chi connectivity index (χ3v) is 4.79. The van der Waals surface area contributed by atoms with Crippen LogP contribution < -0.4 is 10.6 Å². The summed E-state index contributed by atoms with van der Waals surface area (Å²) in [5, 5.41) is 5.37. The number of amides is 4. The van der Waals surface area contributed by atoms with E-state index in [4.69, 9.17) is 4.74 Å². The lowest BCUT2D eigenvalue weighted by Gasteiger charge is -2.22. The van der Waals surface area contributed by atoms with Crippen LogP contribution in [0.1, 0.15) is 37.8 Å². The van der Waals surface area contributed by atoms with Gasteiger partial charge in [-0.15, -0.1) is 0 Å². The number of nitrogens with zero attached hydrogens (tertiary/aromatic N) is 1. The van der Waals surface area contributed by atoms with Crippen LogP contribution in [0.15, 0.2) is 24.3 Å². The van der Waals surface area contributed by atoms with Crippen molar-refractivity contribution in [2.24, 2.45) is 0 Å². The quantitative estimate of drug-likeness (QED) is 0.571. The number of aryl methyl sites for hydroxylation is 1. The molecule has 0 spiro atoms. The van der Waals surface area contributed by atoms with Crippen LogP contribution in [-0.2, 0) is 24.7 Å². The number of nitrogens with one attached hydrogen (secondary N) is 2. The van der Waals surface area contributed by atoms with E-state index in [0.29, 0.717) is 5.56 Å². The fourth-order valence-electron chi connectivity index (χ4n) is 2.89. The molecule has 2 N–H and O–H groups in total. The highest BCUT2D eigenvalue weighted by molar-refractivity contribution is 6.08. The second-order valence-electron chi connectivity index (χ2n) is 7.23. The number of ether oxygens (including phenoxy) is 1. The largest absolute Gasteiger partial charge is 0.451 e. The van der Waals surface area contributed by atoms with Crippen molar-refractivity contribution in [3.63, 3.8) is 0 Å². The molecule has 1 aromatic carbocycles. The molecule has 144 valence electrons. The number of carbonyl (C=O) groups is 4. The van der Waals surface area contributed by atoms with Crippen molar-refractivity contribution in [3.8, 4) is 0 Å². The molecule has 2 atom stereocenters. The average Bonchev–Trinajstić information content (AvgIpc) is 3.39. The Hall–Kier alpha value is -2.90. The van der Waals surface area contributed by atoms with Crippen LogP contribution in [0.5, 0.6) is 0 Å². The Kier molecular flexibility index (Phi) is 4.91. The van der Waals surface area contributed by atoms with Gasteiger partial charge in [0.1, 0.15) is 12.1 Å². The van der Waals surface area contributed by atoms with Crippen molar-refractivity contribution >= 4 is 23.8 Å². The Morgan fingerprint density at radius 2 is 1.93 bits per heavy atom. The monoisotopic (exact) mass is 373 g/mol. The number of imide groups is 1. The van der Waals surface area contributed by atoms with Crippen molar-refractivity contribution in [1.29, 1.82) is 0 Å². The maximum Gasteiger partial charge on any atom is 0.327 e. The van der Waals surface area contributed by atoms with Crippen LogP contribution in [0.3, 0.4) is 0 Å². The molecular formula is C19H23N3O5. The molecule has 1 heterocycles. The third kappa shape index (κ3) is 3.94. The summed E-state index contributed by atoms with van der Waals surface area (Å²) in [7, 11) is 0. The van der Waals surface area contributed by atoms with Crippen LogP contribution in [0, 0.1) is 6.92 Å². The molecule has 0 radical (unpaired) electrons. The van der Waals surface area contributed by atoms with Crippen LogP contribution in [0.25, 0.3) is 0 Å². The van der Waals surface area contributed by atoms with E-state index in [0.717, 1.165) is 23.3 Å². The van der Waals surface area contributed by atoms with E-state index >= 15 is 0 Å². The highest BCUT2D eigenvalue weighted by Crippen LogP contribution is 2.29. The predicted molar refractivity (Wildman–Crippen MR) is 95.5 cm³/mol. The minimum Gasteiger partial charge on any atom is -0.451 e. The lowest BCUT2D eigenvalue weighted by atomic mass is 9.91. The fourth-order valence-corrected chi connectivity index (χ4v) is 2.89. The van der Waals surface area contributed by atoms with E-state index in [2.05, 4.69) is 10.6 Å². The van der Waals surface area contributed by atoms with Gasteiger partial charge in [-0.2, -0.15) is 0 Å². The van der Waals surface area contributed by atoms with Gasteiger partial charge in [-0.25, -0.2) is 4.79 Å². The Bertz CT molecular complexity index is 787. The normalized spacial score (nSPS) is 23.0. The van der Waals surface area contributed by atoms with Gasteiger partial charge < -0.3 is 15.4 Å². The topological polar surface area (TPSA) is 105 Å². The number of rotatable bonds is 6. The molecule has 1 aliphatic heterocycles. The molecule has 1 aliphatic carbocycles. The van der Waals surface area contributed by atoms with Gasteiger partial charge in [-0.1, -0.05) is 29.8 Å². The maximum atomic E-state index is 12.8. The molecule has 2 aliphatic rings. The number of benzene rings is 1. The van der Waals surface area contributed by atoms with Crippen LogP contribution >= 0.6 is 0 Å². The van der Waals surface area contributed by atoms with Gasteiger partial charge in [-0.3, -0.25) is 19.3 Å². The number of carbonyl (C=O) groups excluding carboxylic acids is 4. The summed E-state index contributed by atoms with van der Waals surface area (Å²) in [5.41, 5.74) is 0.401. The summed E-state index contributed by atoms with van der Waals surface area (Å²) in [6, 6.07) is 6.70. The smallest absolute Gasteiger partial charge is 0.327 e. The Morgan fingerprint density at radius 1 is 1.30 bits per heavy atom. The van der Waals surface area contributed by atoms with Gasteiger partial charge in [0.15, 0.2) is 6.10 Å². The molecule has 0 bridgehead atoms. The summed E-state index contributed by atoms with van der Waals surface area (Å²) in [6.07, 6.45) is 0.862. The predicted octanol–water partition coefficient (Wildman–Crippen LogP) is 0.972. The molecule has 0 aromatic heterocycles. The van der Waals surface area contributed by atoms with Gasteiger partial charge in [-0.05, 0) is 39.2 Å². The summed E-state index contributed by atoms with van der Waals surface area (Å²) < 4.78 is 5.06. The lowest BCUT2D eigenvalue weighted by Crippen LogP contribution is -2.43. The highest BCUT2D eigenvalue weighted by Gasteiger charge is 2.49. The lowest BCUT2D eigenvalue weighted by molar-refractivity contribution is -0.156. The minimum absolute atomic E-state index is 0.153. The van der Waals surface area contributed by atoms with Crippen molar-refractivity contribution in [2.75, 3.05) is 6.54 Å². The SMILES string of the molecule is Cc1ccc([C@@]2(C)NC(=O)N(CC(=O)O[C@H](C)C(=O)NC3CC3)C2=O)cc1. The van der Waals surface area contributed by atoms with E-state index in [1.165, 1.54) is 6.92 Å². The van der Waals surface area contributed by atoms with Crippen molar-refractivity contribution in [2.45, 2.75) is 51.3 Å². The third-order valence-electron chi connectivity index (χ3n) is 4.79. The number of esters is 1. The Morgan fingerprint density at radius 3 is 2.52 bits per heavy atom. The molecule has 0 unspecified atom stereocenters. The first kappa shape index (κ1) is 18.9. The molecule has 3 rings (SSSR count). The molecule has 4 amide bonds. The van der Waals surface area contributed by atoms with Crippen LogP contribution in [0.2, 0.25) is 0 Å². The van der Waals surface area contributed by atoms with E-state index in [1.807, 2.05) is 19.1 Å². The van der Waals surface area contributed by atoms with Crippen LogP contribution in [0.4, 0.5) is 4.79 Å². The van der Waals surface area contributed by atoms with Gasteiger partial charge in [0.2, 0.25) is 0 Å². The first-order valence-corrected chi connectivity index (χ1v) is 8.92. The molecule has 8 nitrogen and oxygen atoms in total. The molecule has 2 fully saturated rings. The van der Waals surface area contributed by atoms with E-state index in [-0.39, 0.29) is 11.9 Å².